The fourth-order valence-corrected chi connectivity index (χ4v) is 2.90. The molecule has 2 aromatic carbocycles. The van der Waals surface area contributed by atoms with Crippen molar-refractivity contribution in [3.8, 4) is 5.75 Å². The molecule has 0 spiro atoms. The highest BCUT2D eigenvalue weighted by atomic mass is 16.6. The third kappa shape index (κ3) is 3.71. The van der Waals surface area contributed by atoms with Gasteiger partial charge in [0.1, 0.15) is 5.75 Å². The number of piperazine rings is 1. The molecule has 1 amide bonds. The number of rotatable bonds is 4. The van der Waals surface area contributed by atoms with E-state index in [-0.39, 0.29) is 11.6 Å². The van der Waals surface area contributed by atoms with Gasteiger partial charge in [0.15, 0.2) is 0 Å². The molecule has 1 fully saturated rings. The van der Waals surface area contributed by atoms with Crippen molar-refractivity contribution in [2.75, 3.05) is 38.2 Å². The van der Waals surface area contributed by atoms with Crippen molar-refractivity contribution in [1.82, 2.24) is 4.90 Å². The summed E-state index contributed by atoms with van der Waals surface area (Å²) in [5.74, 6) is 0.640. The van der Waals surface area contributed by atoms with Crippen LogP contribution in [0.3, 0.4) is 0 Å². The summed E-state index contributed by atoms with van der Waals surface area (Å²) in [6, 6.07) is 13.7. The van der Waals surface area contributed by atoms with E-state index in [1.165, 1.54) is 12.1 Å². The molecule has 130 valence electrons. The summed E-state index contributed by atoms with van der Waals surface area (Å²) in [5, 5.41) is 10.9. The molecule has 7 heteroatoms. The summed E-state index contributed by atoms with van der Waals surface area (Å²) < 4.78 is 5.16. The SMILES string of the molecule is COc1ccc(N2CCN(C(=O)c3cccc([N+](=O)[O-])c3)CC2)cc1. The van der Waals surface area contributed by atoms with E-state index >= 15 is 0 Å². The molecule has 1 saturated heterocycles. The lowest BCUT2D eigenvalue weighted by Gasteiger charge is -2.36. The van der Waals surface area contributed by atoms with Crippen molar-refractivity contribution in [3.05, 3.63) is 64.2 Å². The Kier molecular flexibility index (Phi) is 4.83. The number of hydrogen-bond donors (Lipinski definition) is 0. The van der Waals surface area contributed by atoms with Crippen LogP contribution in [0.5, 0.6) is 5.75 Å². The van der Waals surface area contributed by atoms with Gasteiger partial charge in [0.25, 0.3) is 11.6 Å². The highest BCUT2D eigenvalue weighted by molar-refractivity contribution is 5.95. The van der Waals surface area contributed by atoms with Gasteiger partial charge in [-0.05, 0) is 30.3 Å². The molecular formula is C18H19N3O4. The number of methoxy groups -OCH3 is 1. The number of anilines is 1. The zero-order valence-electron chi connectivity index (χ0n) is 13.9. The number of nitrogens with zero attached hydrogens (tertiary/aromatic N) is 3. The first-order valence-corrected chi connectivity index (χ1v) is 8.01. The summed E-state index contributed by atoms with van der Waals surface area (Å²) in [7, 11) is 1.63. The second kappa shape index (κ2) is 7.21. The molecule has 7 nitrogen and oxygen atoms in total. The van der Waals surface area contributed by atoms with Crippen molar-refractivity contribution in [3.63, 3.8) is 0 Å². The summed E-state index contributed by atoms with van der Waals surface area (Å²) in [6.45, 7) is 2.58. The van der Waals surface area contributed by atoms with Crippen LogP contribution < -0.4 is 9.64 Å². The number of ether oxygens (including phenoxy) is 1. The van der Waals surface area contributed by atoms with E-state index in [0.29, 0.717) is 31.7 Å². The van der Waals surface area contributed by atoms with Crippen molar-refractivity contribution >= 4 is 17.3 Å². The topological polar surface area (TPSA) is 75.9 Å². The molecule has 1 heterocycles. The Morgan fingerprint density at radius 1 is 1.08 bits per heavy atom. The van der Waals surface area contributed by atoms with E-state index in [0.717, 1.165) is 11.4 Å². The van der Waals surface area contributed by atoms with Crippen LogP contribution in [0.4, 0.5) is 11.4 Å². The van der Waals surface area contributed by atoms with Gasteiger partial charge in [-0.25, -0.2) is 0 Å². The molecule has 1 aliphatic heterocycles. The Morgan fingerprint density at radius 2 is 1.76 bits per heavy atom. The zero-order chi connectivity index (χ0) is 17.8. The maximum absolute atomic E-state index is 12.6. The van der Waals surface area contributed by atoms with Gasteiger partial charge in [-0.2, -0.15) is 0 Å². The quantitative estimate of drug-likeness (QED) is 0.631. The first kappa shape index (κ1) is 16.8. The number of nitro groups is 1. The van der Waals surface area contributed by atoms with E-state index < -0.39 is 4.92 Å². The van der Waals surface area contributed by atoms with Gasteiger partial charge in [0.05, 0.1) is 12.0 Å². The average molecular weight is 341 g/mol. The fourth-order valence-electron chi connectivity index (χ4n) is 2.90. The van der Waals surface area contributed by atoms with Gasteiger partial charge in [-0.1, -0.05) is 6.07 Å². The largest absolute Gasteiger partial charge is 0.497 e. The molecule has 1 aliphatic rings. The molecule has 0 aliphatic carbocycles. The predicted molar refractivity (Wildman–Crippen MR) is 94.2 cm³/mol. The Morgan fingerprint density at radius 3 is 2.36 bits per heavy atom. The lowest BCUT2D eigenvalue weighted by molar-refractivity contribution is -0.384. The Labute approximate surface area is 145 Å². The maximum atomic E-state index is 12.6. The summed E-state index contributed by atoms with van der Waals surface area (Å²) in [6.07, 6.45) is 0. The third-order valence-electron chi connectivity index (χ3n) is 4.31. The van der Waals surface area contributed by atoms with Crippen LogP contribution in [-0.4, -0.2) is 49.0 Å². The number of amides is 1. The fraction of sp³-hybridized carbons (Fsp3) is 0.278. The number of nitro benzene ring substituents is 1. The smallest absolute Gasteiger partial charge is 0.270 e. The van der Waals surface area contributed by atoms with E-state index in [1.807, 2.05) is 24.3 Å². The van der Waals surface area contributed by atoms with Gasteiger partial charge >= 0.3 is 0 Å². The molecule has 2 aromatic rings. The second-order valence-corrected chi connectivity index (χ2v) is 5.78. The molecule has 3 rings (SSSR count). The predicted octanol–water partition coefficient (Wildman–Crippen LogP) is 2.57. The van der Waals surface area contributed by atoms with Gasteiger partial charge < -0.3 is 14.5 Å². The van der Waals surface area contributed by atoms with Crippen molar-refractivity contribution < 1.29 is 14.5 Å². The molecule has 0 saturated carbocycles. The minimum atomic E-state index is -0.488. The van der Waals surface area contributed by atoms with Gasteiger partial charge in [0.2, 0.25) is 0 Å². The van der Waals surface area contributed by atoms with Crippen LogP contribution in [0.1, 0.15) is 10.4 Å². The monoisotopic (exact) mass is 341 g/mol. The van der Waals surface area contributed by atoms with Crippen LogP contribution in [0.15, 0.2) is 48.5 Å². The average Bonchev–Trinajstić information content (AvgIpc) is 2.67. The number of carbonyl (C=O) groups is 1. The highest BCUT2D eigenvalue weighted by Crippen LogP contribution is 2.21. The Balaban J connectivity index is 1.64. The minimum Gasteiger partial charge on any atom is -0.497 e. The van der Waals surface area contributed by atoms with Crippen LogP contribution in [0.2, 0.25) is 0 Å². The van der Waals surface area contributed by atoms with Crippen LogP contribution in [0.25, 0.3) is 0 Å². The normalized spacial score (nSPS) is 14.3. The lowest BCUT2D eigenvalue weighted by Crippen LogP contribution is -2.48. The van der Waals surface area contributed by atoms with Crippen LogP contribution >= 0.6 is 0 Å². The molecular weight excluding hydrogens is 322 g/mol. The van der Waals surface area contributed by atoms with Gasteiger partial charge in [-0.3, -0.25) is 14.9 Å². The van der Waals surface area contributed by atoms with Gasteiger partial charge in [-0.15, -0.1) is 0 Å². The van der Waals surface area contributed by atoms with E-state index in [9.17, 15) is 14.9 Å². The zero-order valence-corrected chi connectivity index (χ0v) is 13.9. The number of benzene rings is 2. The van der Waals surface area contributed by atoms with E-state index in [2.05, 4.69) is 4.90 Å². The van der Waals surface area contributed by atoms with Crippen molar-refractivity contribution in [2.24, 2.45) is 0 Å². The molecule has 0 aromatic heterocycles. The third-order valence-corrected chi connectivity index (χ3v) is 4.31. The first-order valence-electron chi connectivity index (χ1n) is 8.01. The number of carbonyl (C=O) groups excluding carboxylic acids is 1. The molecule has 0 radical (unpaired) electrons. The van der Waals surface area contributed by atoms with E-state index in [4.69, 9.17) is 4.74 Å². The van der Waals surface area contributed by atoms with Crippen molar-refractivity contribution in [2.45, 2.75) is 0 Å². The summed E-state index contributed by atoms with van der Waals surface area (Å²) in [4.78, 5) is 26.9. The molecule has 0 unspecified atom stereocenters. The number of hydrogen-bond acceptors (Lipinski definition) is 5. The first-order chi connectivity index (χ1) is 12.1. The standard InChI is InChI=1S/C18H19N3O4/c1-25-17-7-5-15(6-8-17)19-9-11-20(12-10-19)18(22)14-3-2-4-16(13-14)21(23)24/h2-8,13H,9-12H2,1H3. The van der Waals surface area contributed by atoms with E-state index in [1.54, 1.807) is 24.1 Å². The van der Waals surface area contributed by atoms with Gasteiger partial charge in [0, 0.05) is 49.6 Å². The molecule has 0 N–H and O–H groups in total. The lowest BCUT2D eigenvalue weighted by atomic mass is 10.1. The van der Waals surface area contributed by atoms with Crippen LogP contribution in [-0.2, 0) is 0 Å². The highest BCUT2D eigenvalue weighted by Gasteiger charge is 2.23. The number of non-ortho nitro benzene ring substituents is 1. The minimum absolute atomic E-state index is 0.0669. The summed E-state index contributed by atoms with van der Waals surface area (Å²) in [5.41, 5.74) is 1.37. The maximum Gasteiger partial charge on any atom is 0.270 e. The Bertz CT molecular complexity index is 768. The Hall–Kier alpha value is -3.09. The molecule has 0 atom stereocenters. The summed E-state index contributed by atoms with van der Waals surface area (Å²) >= 11 is 0. The molecule has 25 heavy (non-hydrogen) atoms. The molecule has 0 bridgehead atoms. The van der Waals surface area contributed by atoms with Crippen LogP contribution in [0, 0.1) is 10.1 Å². The van der Waals surface area contributed by atoms with Crippen molar-refractivity contribution in [1.29, 1.82) is 0 Å². The second-order valence-electron chi connectivity index (χ2n) is 5.78.